The second kappa shape index (κ2) is 6.31. The molecule has 2 aromatic heterocycles. The van der Waals surface area contributed by atoms with E-state index in [1.807, 2.05) is 23.3 Å². The third-order valence-electron chi connectivity index (χ3n) is 3.46. The van der Waals surface area contributed by atoms with Gasteiger partial charge < -0.3 is 14.4 Å². The van der Waals surface area contributed by atoms with Gasteiger partial charge in [0.15, 0.2) is 0 Å². The van der Waals surface area contributed by atoms with Gasteiger partial charge in [0.25, 0.3) is 5.91 Å². The van der Waals surface area contributed by atoms with E-state index < -0.39 is 0 Å². The largest absolute Gasteiger partial charge is 0.480 e. The summed E-state index contributed by atoms with van der Waals surface area (Å²) in [6.45, 7) is 3.25. The summed E-state index contributed by atoms with van der Waals surface area (Å²) in [6.07, 6.45) is 3.80. The van der Waals surface area contributed by atoms with E-state index in [9.17, 15) is 4.79 Å². The second-order valence-corrected chi connectivity index (χ2v) is 6.08. The molecule has 22 heavy (non-hydrogen) atoms. The molecule has 3 heterocycles. The maximum atomic E-state index is 12.4. The SMILES string of the molecule is COc1cncc(OC2CCN(C(=O)c3cc(C)cs3)C2)n1. The molecule has 1 unspecified atom stereocenters. The summed E-state index contributed by atoms with van der Waals surface area (Å²) in [5.41, 5.74) is 1.12. The van der Waals surface area contributed by atoms with Crippen LogP contribution >= 0.6 is 11.3 Å². The highest BCUT2D eigenvalue weighted by molar-refractivity contribution is 7.12. The van der Waals surface area contributed by atoms with Gasteiger partial charge in [-0.2, -0.15) is 4.98 Å². The van der Waals surface area contributed by atoms with E-state index in [-0.39, 0.29) is 12.0 Å². The Morgan fingerprint density at radius 2 is 2.23 bits per heavy atom. The predicted molar refractivity (Wildman–Crippen MR) is 82.6 cm³/mol. The fourth-order valence-electron chi connectivity index (χ4n) is 2.37. The lowest BCUT2D eigenvalue weighted by molar-refractivity contribution is 0.0775. The van der Waals surface area contributed by atoms with Gasteiger partial charge in [0.1, 0.15) is 6.10 Å². The molecule has 0 N–H and O–H groups in total. The molecule has 0 aliphatic carbocycles. The number of methoxy groups -OCH3 is 1. The fourth-order valence-corrected chi connectivity index (χ4v) is 3.23. The summed E-state index contributed by atoms with van der Waals surface area (Å²) in [7, 11) is 1.53. The van der Waals surface area contributed by atoms with E-state index in [0.717, 1.165) is 16.9 Å². The number of hydrogen-bond donors (Lipinski definition) is 0. The number of aromatic nitrogens is 2. The van der Waals surface area contributed by atoms with Crippen molar-refractivity contribution in [2.45, 2.75) is 19.4 Å². The number of hydrogen-bond acceptors (Lipinski definition) is 6. The van der Waals surface area contributed by atoms with E-state index in [2.05, 4.69) is 9.97 Å². The second-order valence-electron chi connectivity index (χ2n) is 5.17. The molecule has 2 aromatic rings. The Labute approximate surface area is 132 Å². The summed E-state index contributed by atoms with van der Waals surface area (Å²) in [4.78, 5) is 23.2. The van der Waals surface area contributed by atoms with Crippen molar-refractivity contribution < 1.29 is 14.3 Å². The van der Waals surface area contributed by atoms with Crippen molar-refractivity contribution in [3.05, 3.63) is 34.3 Å². The van der Waals surface area contributed by atoms with E-state index in [1.54, 1.807) is 6.20 Å². The predicted octanol–water partition coefficient (Wildman–Crippen LogP) is 2.15. The first-order valence-corrected chi connectivity index (χ1v) is 7.91. The molecular weight excluding hydrogens is 302 g/mol. The molecular formula is C15H17N3O3S. The van der Waals surface area contributed by atoms with Gasteiger partial charge in [0, 0.05) is 13.0 Å². The zero-order valence-corrected chi connectivity index (χ0v) is 13.3. The topological polar surface area (TPSA) is 64.6 Å². The van der Waals surface area contributed by atoms with E-state index in [1.165, 1.54) is 24.6 Å². The molecule has 0 bridgehead atoms. The van der Waals surface area contributed by atoms with Crippen LogP contribution in [0.4, 0.5) is 0 Å². The van der Waals surface area contributed by atoms with Crippen molar-refractivity contribution in [1.82, 2.24) is 14.9 Å². The molecule has 7 heteroatoms. The smallest absolute Gasteiger partial charge is 0.264 e. The molecule has 1 atom stereocenters. The summed E-state index contributed by atoms with van der Waals surface area (Å²) < 4.78 is 10.8. The molecule has 3 rings (SSSR count). The lowest BCUT2D eigenvalue weighted by Gasteiger charge is -2.16. The highest BCUT2D eigenvalue weighted by Crippen LogP contribution is 2.22. The maximum Gasteiger partial charge on any atom is 0.264 e. The normalized spacial score (nSPS) is 17.5. The van der Waals surface area contributed by atoms with Gasteiger partial charge in [-0.15, -0.1) is 11.3 Å². The average molecular weight is 319 g/mol. The van der Waals surface area contributed by atoms with Gasteiger partial charge in [-0.05, 0) is 23.9 Å². The summed E-state index contributed by atoms with van der Waals surface area (Å²) >= 11 is 1.48. The summed E-state index contributed by atoms with van der Waals surface area (Å²) in [6, 6.07) is 1.93. The van der Waals surface area contributed by atoms with Crippen molar-refractivity contribution in [2.24, 2.45) is 0 Å². The minimum absolute atomic E-state index is 0.0635. The fraction of sp³-hybridized carbons (Fsp3) is 0.400. The molecule has 0 aromatic carbocycles. The van der Waals surface area contributed by atoms with Crippen LogP contribution in [0.3, 0.4) is 0 Å². The molecule has 0 spiro atoms. The molecule has 6 nitrogen and oxygen atoms in total. The molecule has 0 saturated carbocycles. The number of thiophene rings is 1. The quantitative estimate of drug-likeness (QED) is 0.864. The number of rotatable bonds is 4. The lowest BCUT2D eigenvalue weighted by atomic mass is 10.3. The van der Waals surface area contributed by atoms with Gasteiger partial charge in [-0.1, -0.05) is 0 Å². The zero-order valence-electron chi connectivity index (χ0n) is 12.5. The molecule has 0 radical (unpaired) electrons. The molecule has 1 fully saturated rings. The first kappa shape index (κ1) is 14.8. The van der Waals surface area contributed by atoms with Gasteiger partial charge >= 0.3 is 0 Å². The minimum Gasteiger partial charge on any atom is -0.480 e. The third-order valence-corrected chi connectivity index (χ3v) is 4.50. The van der Waals surface area contributed by atoms with Crippen molar-refractivity contribution in [1.29, 1.82) is 0 Å². The van der Waals surface area contributed by atoms with Crippen LogP contribution in [0, 0.1) is 6.92 Å². The minimum atomic E-state index is -0.0635. The van der Waals surface area contributed by atoms with Gasteiger partial charge in [0.05, 0.1) is 30.9 Å². The summed E-state index contributed by atoms with van der Waals surface area (Å²) in [5, 5.41) is 1.99. The van der Waals surface area contributed by atoms with Crippen LogP contribution in [-0.2, 0) is 0 Å². The number of amides is 1. The number of carbonyl (C=O) groups is 1. The molecule has 116 valence electrons. The lowest BCUT2D eigenvalue weighted by Crippen LogP contribution is -2.30. The van der Waals surface area contributed by atoms with Crippen LogP contribution in [0.15, 0.2) is 23.8 Å². The summed E-state index contributed by atoms with van der Waals surface area (Å²) in [5.74, 6) is 0.907. The van der Waals surface area contributed by atoms with E-state index in [0.29, 0.717) is 24.8 Å². The Balaban J connectivity index is 1.61. The first-order valence-electron chi connectivity index (χ1n) is 7.03. The van der Waals surface area contributed by atoms with Crippen LogP contribution in [0.2, 0.25) is 0 Å². The zero-order chi connectivity index (χ0) is 15.5. The van der Waals surface area contributed by atoms with Crippen LogP contribution in [0.25, 0.3) is 0 Å². The van der Waals surface area contributed by atoms with Crippen molar-refractivity contribution >= 4 is 17.2 Å². The Bertz CT molecular complexity index is 674. The monoisotopic (exact) mass is 319 g/mol. The molecule has 1 aliphatic rings. The highest BCUT2D eigenvalue weighted by atomic mass is 32.1. The van der Waals surface area contributed by atoms with Gasteiger partial charge in [-0.3, -0.25) is 9.78 Å². The van der Waals surface area contributed by atoms with Crippen molar-refractivity contribution in [3.63, 3.8) is 0 Å². The number of aryl methyl sites for hydroxylation is 1. The van der Waals surface area contributed by atoms with Gasteiger partial charge in [0.2, 0.25) is 11.8 Å². The third kappa shape index (κ3) is 3.19. The number of carbonyl (C=O) groups excluding carboxylic acids is 1. The molecule has 1 amide bonds. The van der Waals surface area contributed by atoms with Crippen LogP contribution in [0.5, 0.6) is 11.8 Å². The number of likely N-dealkylation sites (tertiary alicyclic amines) is 1. The Morgan fingerprint density at radius 1 is 1.41 bits per heavy atom. The number of nitrogens with zero attached hydrogens (tertiary/aromatic N) is 3. The Morgan fingerprint density at radius 3 is 2.95 bits per heavy atom. The van der Waals surface area contributed by atoms with Crippen LogP contribution < -0.4 is 9.47 Å². The van der Waals surface area contributed by atoms with E-state index >= 15 is 0 Å². The van der Waals surface area contributed by atoms with Gasteiger partial charge in [-0.25, -0.2) is 0 Å². The molecule has 1 aliphatic heterocycles. The first-order chi connectivity index (χ1) is 10.7. The highest BCUT2D eigenvalue weighted by Gasteiger charge is 2.29. The Hall–Kier alpha value is -2.15. The number of ether oxygens (including phenoxy) is 2. The van der Waals surface area contributed by atoms with Crippen molar-refractivity contribution in [3.8, 4) is 11.8 Å². The standard InChI is InChI=1S/C15H17N3O3S/c1-10-5-12(22-9-10)15(19)18-4-3-11(8-18)21-14-7-16-6-13(17-14)20-2/h5-7,9,11H,3-4,8H2,1-2H3. The van der Waals surface area contributed by atoms with Crippen molar-refractivity contribution in [2.75, 3.05) is 20.2 Å². The Kier molecular flexibility index (Phi) is 4.24. The van der Waals surface area contributed by atoms with Crippen LogP contribution in [0.1, 0.15) is 21.7 Å². The average Bonchev–Trinajstić information content (AvgIpc) is 3.16. The molecule has 1 saturated heterocycles. The van der Waals surface area contributed by atoms with Crippen LogP contribution in [-0.4, -0.2) is 47.1 Å². The maximum absolute atomic E-state index is 12.4. The van der Waals surface area contributed by atoms with E-state index in [4.69, 9.17) is 9.47 Å².